The maximum Gasteiger partial charge on any atom is 0.175 e. The average molecular weight is 308 g/mol. The maximum atomic E-state index is 7.71. The summed E-state index contributed by atoms with van der Waals surface area (Å²) in [7, 11) is 0. The predicted octanol–water partition coefficient (Wildman–Crippen LogP) is 2.19. The normalized spacial score (nSPS) is 14.6. The van der Waals surface area contributed by atoms with Crippen molar-refractivity contribution in [3.8, 4) is 5.82 Å². The molecule has 2 heterocycles. The summed E-state index contributed by atoms with van der Waals surface area (Å²) in [5, 5.41) is 11.1. The highest BCUT2D eigenvalue weighted by molar-refractivity contribution is 9.10. The first-order chi connectivity index (χ1) is 7.93. The second kappa shape index (κ2) is 3.55. The Morgan fingerprint density at radius 2 is 2.15 bits per heavy atom. The Morgan fingerprint density at radius 1 is 1.31 bits per heavy atom. The van der Waals surface area contributed by atoms with Crippen LogP contribution in [0.1, 0.15) is 5.48 Å². The Kier molecular flexibility index (Phi) is 1.42. The lowest BCUT2D eigenvalue weighted by Gasteiger charge is -1.96. The van der Waals surface area contributed by atoms with Crippen molar-refractivity contribution >= 4 is 31.9 Å². The van der Waals surface area contributed by atoms with Crippen molar-refractivity contribution in [3.63, 3.8) is 0 Å². The van der Waals surface area contributed by atoms with E-state index in [1.807, 2.05) is 0 Å². The summed E-state index contributed by atoms with van der Waals surface area (Å²) in [6.07, 6.45) is -0.245. The standard InChI is InChI=1S/C7H4Br2N4/c8-5-3-10-13(4-5)7-2-1-6(9)11-12-7/h1-4H/i1D,2D,3D,4D. The molecule has 2 aromatic rings. The summed E-state index contributed by atoms with van der Waals surface area (Å²) < 4.78 is 31.7. The maximum absolute atomic E-state index is 7.71. The Morgan fingerprint density at radius 3 is 2.85 bits per heavy atom. The van der Waals surface area contributed by atoms with Crippen LogP contribution in [0.25, 0.3) is 5.82 Å². The Hall–Kier alpha value is -0.750. The van der Waals surface area contributed by atoms with E-state index >= 15 is 0 Å². The van der Waals surface area contributed by atoms with E-state index in [2.05, 4.69) is 47.2 Å². The smallest absolute Gasteiger partial charge is 0.175 e. The monoisotopic (exact) mass is 306 g/mol. The minimum atomic E-state index is -0.213. The molecule has 0 saturated carbocycles. The van der Waals surface area contributed by atoms with Gasteiger partial charge in [-0.25, -0.2) is 4.68 Å². The van der Waals surface area contributed by atoms with Crippen LogP contribution < -0.4 is 0 Å². The molecule has 6 heteroatoms. The molecule has 0 aromatic carbocycles. The van der Waals surface area contributed by atoms with Crippen LogP contribution in [0.3, 0.4) is 0 Å². The van der Waals surface area contributed by atoms with Crippen LogP contribution in [0.5, 0.6) is 0 Å². The quantitative estimate of drug-likeness (QED) is 0.811. The molecule has 0 unspecified atom stereocenters. The zero-order valence-electron chi connectivity index (χ0n) is 10.0. The molecule has 2 aromatic heterocycles. The van der Waals surface area contributed by atoms with Gasteiger partial charge in [-0.3, -0.25) is 0 Å². The van der Waals surface area contributed by atoms with Crippen molar-refractivity contribution in [2.75, 3.05) is 0 Å². The molecule has 66 valence electrons. The minimum Gasteiger partial charge on any atom is -0.220 e. The van der Waals surface area contributed by atoms with Gasteiger partial charge in [0, 0.05) is 6.17 Å². The molecule has 0 amide bonds. The minimum absolute atomic E-state index is 0.0533. The van der Waals surface area contributed by atoms with E-state index in [0.29, 0.717) is 0 Å². The zero-order valence-corrected chi connectivity index (χ0v) is 9.22. The summed E-state index contributed by atoms with van der Waals surface area (Å²) in [5.41, 5.74) is 0. The van der Waals surface area contributed by atoms with Gasteiger partial charge >= 0.3 is 0 Å². The van der Waals surface area contributed by atoms with Crippen LogP contribution in [-0.4, -0.2) is 20.0 Å². The molecule has 0 saturated heterocycles. The van der Waals surface area contributed by atoms with Crippen molar-refractivity contribution in [2.45, 2.75) is 0 Å². The largest absolute Gasteiger partial charge is 0.220 e. The van der Waals surface area contributed by atoms with Crippen molar-refractivity contribution in [3.05, 3.63) is 33.5 Å². The molecule has 2 rings (SSSR count). The first kappa shape index (κ1) is 5.21. The molecule has 0 radical (unpaired) electrons. The molecule has 0 fully saturated rings. The predicted molar refractivity (Wildman–Crippen MR) is 54.6 cm³/mol. The van der Waals surface area contributed by atoms with Crippen LogP contribution >= 0.6 is 31.9 Å². The van der Waals surface area contributed by atoms with Crippen LogP contribution in [0.2, 0.25) is 0 Å². The third kappa shape index (κ3) is 1.94. The van der Waals surface area contributed by atoms with Crippen LogP contribution in [-0.2, 0) is 0 Å². The van der Waals surface area contributed by atoms with Gasteiger partial charge in [-0.2, -0.15) is 5.10 Å². The summed E-state index contributed by atoms with van der Waals surface area (Å²) in [6.45, 7) is 0. The summed E-state index contributed by atoms with van der Waals surface area (Å²) >= 11 is 6.02. The van der Waals surface area contributed by atoms with Gasteiger partial charge < -0.3 is 0 Å². The number of halogens is 2. The molecule has 0 atom stereocenters. The van der Waals surface area contributed by atoms with Gasteiger partial charge in [-0.15, -0.1) is 10.2 Å². The second-order valence-electron chi connectivity index (χ2n) is 2.01. The fraction of sp³-hybridized carbons (Fsp3) is 0. The lowest BCUT2D eigenvalue weighted by atomic mass is 10.5. The van der Waals surface area contributed by atoms with Gasteiger partial charge in [-0.05, 0) is 43.9 Å². The van der Waals surface area contributed by atoms with Crippen LogP contribution in [0, 0.1) is 0 Å². The summed E-state index contributed by atoms with van der Waals surface area (Å²) in [4.78, 5) is 0. The Balaban J connectivity index is 2.69. The fourth-order valence-corrected chi connectivity index (χ4v) is 1.11. The third-order valence-electron chi connectivity index (χ3n) is 1.16. The van der Waals surface area contributed by atoms with Gasteiger partial charge in [0.25, 0.3) is 0 Å². The summed E-state index contributed by atoms with van der Waals surface area (Å²) in [5.74, 6) is -0.0533. The molecule has 4 nitrogen and oxygen atoms in total. The SMILES string of the molecule is [2H]c1nn(-c2nnc(Br)c([2H])c2[2H])c([2H])c1Br. The number of hydrogen-bond acceptors (Lipinski definition) is 3. The molecule has 0 bridgehead atoms. The van der Waals surface area contributed by atoms with E-state index in [1.54, 1.807) is 0 Å². The van der Waals surface area contributed by atoms with E-state index in [9.17, 15) is 0 Å². The number of rotatable bonds is 1. The van der Waals surface area contributed by atoms with Crippen molar-refractivity contribution in [1.82, 2.24) is 20.0 Å². The lowest BCUT2D eigenvalue weighted by molar-refractivity contribution is 0.809. The number of aromatic nitrogens is 4. The average Bonchev–Trinajstić information content (AvgIpc) is 2.54. The molecule has 13 heavy (non-hydrogen) atoms. The van der Waals surface area contributed by atoms with Crippen molar-refractivity contribution < 1.29 is 5.48 Å². The van der Waals surface area contributed by atoms with E-state index in [0.717, 1.165) is 4.68 Å². The van der Waals surface area contributed by atoms with Crippen LogP contribution in [0.4, 0.5) is 0 Å². The summed E-state index contributed by atoms with van der Waals surface area (Å²) in [6, 6.07) is -0.358. The molecule has 0 N–H and O–H groups in total. The topological polar surface area (TPSA) is 43.6 Å². The van der Waals surface area contributed by atoms with E-state index in [1.165, 1.54) is 0 Å². The molecule has 0 aliphatic carbocycles. The van der Waals surface area contributed by atoms with Gasteiger partial charge in [0.2, 0.25) is 0 Å². The van der Waals surface area contributed by atoms with E-state index in [-0.39, 0.29) is 39.3 Å². The van der Waals surface area contributed by atoms with Gasteiger partial charge in [0.15, 0.2) is 5.82 Å². The highest BCUT2D eigenvalue weighted by Crippen LogP contribution is 2.11. The molecule has 0 spiro atoms. The van der Waals surface area contributed by atoms with Gasteiger partial charge in [0.05, 0.1) is 16.1 Å². The first-order valence-corrected chi connectivity index (χ1v) is 4.73. The van der Waals surface area contributed by atoms with E-state index in [4.69, 9.17) is 5.48 Å². The van der Waals surface area contributed by atoms with Crippen molar-refractivity contribution in [2.24, 2.45) is 0 Å². The zero-order chi connectivity index (χ0) is 12.7. The third-order valence-corrected chi connectivity index (χ3v) is 1.87. The Bertz CT molecular complexity index is 600. The second-order valence-corrected chi connectivity index (χ2v) is 3.56. The van der Waals surface area contributed by atoms with E-state index < -0.39 is 0 Å². The van der Waals surface area contributed by atoms with Gasteiger partial charge in [0.1, 0.15) is 4.60 Å². The molecule has 0 aliphatic rings. The highest BCUT2D eigenvalue weighted by Gasteiger charge is 1.99. The highest BCUT2D eigenvalue weighted by atomic mass is 79.9. The molecule has 0 aliphatic heterocycles. The molecular formula is C7H4Br2N4. The van der Waals surface area contributed by atoms with Crippen LogP contribution in [0.15, 0.2) is 33.5 Å². The Labute approximate surface area is 96.9 Å². The number of nitrogens with zero attached hydrogens (tertiary/aromatic N) is 4. The fourth-order valence-electron chi connectivity index (χ4n) is 0.681. The van der Waals surface area contributed by atoms with Gasteiger partial charge in [-0.1, -0.05) is 0 Å². The number of hydrogen-bond donors (Lipinski definition) is 0. The lowest BCUT2D eigenvalue weighted by Crippen LogP contribution is -1.98. The van der Waals surface area contributed by atoms with Crippen molar-refractivity contribution in [1.29, 1.82) is 0 Å². The first-order valence-electron chi connectivity index (χ1n) is 5.15. The molecular weight excluding hydrogens is 300 g/mol.